The molecular weight excluding hydrogens is 476 g/mol. The molecule has 1 heterocycles. The van der Waals surface area contributed by atoms with E-state index >= 15 is 0 Å². The maximum absolute atomic E-state index is 6.41. The van der Waals surface area contributed by atoms with E-state index in [1.807, 2.05) is 86.9 Å². The Bertz CT molecular complexity index is 1470. The van der Waals surface area contributed by atoms with E-state index in [-0.39, 0.29) is 0 Å². The molecular formula is C32H30N2O4. The van der Waals surface area contributed by atoms with E-state index in [9.17, 15) is 0 Å². The van der Waals surface area contributed by atoms with Gasteiger partial charge in [0, 0.05) is 36.5 Å². The molecule has 0 aliphatic carbocycles. The summed E-state index contributed by atoms with van der Waals surface area (Å²) < 4.78 is 23.9. The van der Waals surface area contributed by atoms with E-state index in [2.05, 4.69) is 29.2 Å². The number of benzene rings is 4. The van der Waals surface area contributed by atoms with E-state index in [1.165, 1.54) is 0 Å². The van der Waals surface area contributed by atoms with Gasteiger partial charge in [-0.05, 0) is 29.8 Å². The Morgan fingerprint density at radius 2 is 1.32 bits per heavy atom. The Balaban J connectivity index is 1.57. The Labute approximate surface area is 223 Å². The van der Waals surface area contributed by atoms with E-state index < -0.39 is 0 Å². The highest BCUT2D eigenvalue weighted by atomic mass is 16.5. The number of hydrogen-bond acceptors (Lipinski definition) is 6. The van der Waals surface area contributed by atoms with Crippen LogP contribution in [-0.4, -0.2) is 33.3 Å². The fourth-order valence-corrected chi connectivity index (χ4v) is 4.22. The van der Waals surface area contributed by atoms with Gasteiger partial charge in [-0.2, -0.15) is 0 Å². The second kappa shape index (κ2) is 11.1. The summed E-state index contributed by atoms with van der Waals surface area (Å²) in [5.41, 5.74) is 5.55. The molecule has 0 unspecified atom stereocenters. The zero-order valence-electron chi connectivity index (χ0n) is 22.0. The molecule has 0 atom stereocenters. The largest absolute Gasteiger partial charge is 0.493 e. The van der Waals surface area contributed by atoms with E-state index in [0.29, 0.717) is 35.5 Å². The first-order valence-corrected chi connectivity index (χ1v) is 12.3. The van der Waals surface area contributed by atoms with Crippen molar-refractivity contribution in [3.05, 3.63) is 103 Å². The summed E-state index contributed by atoms with van der Waals surface area (Å²) in [6, 6.07) is 31.9. The molecule has 5 rings (SSSR count). The summed E-state index contributed by atoms with van der Waals surface area (Å²) >= 11 is 0. The number of ether oxygens (including phenoxy) is 3. The molecule has 5 aromatic rings. The lowest BCUT2D eigenvalue weighted by molar-refractivity contribution is 0.266. The SMILES string of the molecule is COc1cc(-c2nc(-c3ccc(N(C)C)cc3)c(-c3ccccc3)o2)cc(OC)c1OCc1ccccc1. The third-order valence-corrected chi connectivity index (χ3v) is 6.25. The van der Waals surface area contributed by atoms with Crippen molar-refractivity contribution in [1.82, 2.24) is 4.98 Å². The van der Waals surface area contributed by atoms with Gasteiger partial charge in [0.25, 0.3) is 0 Å². The summed E-state index contributed by atoms with van der Waals surface area (Å²) in [7, 11) is 7.26. The van der Waals surface area contributed by atoms with E-state index in [4.69, 9.17) is 23.6 Å². The number of oxazole rings is 1. The lowest BCUT2D eigenvalue weighted by Crippen LogP contribution is -2.07. The average Bonchev–Trinajstić information content (AvgIpc) is 3.42. The molecule has 6 heteroatoms. The molecule has 0 bridgehead atoms. The summed E-state index contributed by atoms with van der Waals surface area (Å²) in [6.45, 7) is 0.386. The van der Waals surface area contributed by atoms with Gasteiger partial charge in [0.15, 0.2) is 17.3 Å². The molecule has 0 saturated carbocycles. The number of rotatable bonds is 9. The van der Waals surface area contributed by atoms with Crippen molar-refractivity contribution in [3.63, 3.8) is 0 Å². The Kier molecular flexibility index (Phi) is 7.31. The number of anilines is 1. The van der Waals surface area contributed by atoms with Crippen molar-refractivity contribution in [3.8, 4) is 51.3 Å². The van der Waals surface area contributed by atoms with Crippen molar-refractivity contribution in [2.45, 2.75) is 6.61 Å². The minimum atomic E-state index is 0.386. The van der Waals surface area contributed by atoms with Crippen molar-refractivity contribution in [2.75, 3.05) is 33.2 Å². The van der Waals surface area contributed by atoms with Crippen LogP contribution in [0.3, 0.4) is 0 Å². The third-order valence-electron chi connectivity index (χ3n) is 6.25. The number of hydrogen-bond donors (Lipinski definition) is 0. The van der Waals surface area contributed by atoms with Gasteiger partial charge in [0.1, 0.15) is 12.3 Å². The second-order valence-corrected chi connectivity index (χ2v) is 8.99. The van der Waals surface area contributed by atoms with Gasteiger partial charge in [-0.15, -0.1) is 0 Å². The normalized spacial score (nSPS) is 10.7. The Morgan fingerprint density at radius 3 is 1.89 bits per heavy atom. The summed E-state index contributed by atoms with van der Waals surface area (Å²) in [5, 5.41) is 0. The van der Waals surface area contributed by atoms with Crippen LogP contribution in [-0.2, 0) is 6.61 Å². The van der Waals surface area contributed by atoms with E-state index in [0.717, 1.165) is 33.6 Å². The zero-order chi connectivity index (χ0) is 26.5. The molecule has 0 spiro atoms. The predicted molar refractivity (Wildman–Crippen MR) is 151 cm³/mol. The fourth-order valence-electron chi connectivity index (χ4n) is 4.22. The lowest BCUT2D eigenvalue weighted by Gasteiger charge is -2.15. The lowest BCUT2D eigenvalue weighted by atomic mass is 10.1. The van der Waals surface area contributed by atoms with Gasteiger partial charge in [0.05, 0.1) is 14.2 Å². The standard InChI is InChI=1S/C32H30N2O4/c1-34(2)26-17-15-23(16-18-26)29-30(24-13-9-6-10-14-24)38-32(33-29)25-19-27(35-3)31(28(20-25)36-4)37-21-22-11-7-5-8-12-22/h5-20H,21H2,1-4H3. The van der Waals surface area contributed by atoms with Gasteiger partial charge >= 0.3 is 0 Å². The fraction of sp³-hybridized carbons (Fsp3) is 0.156. The smallest absolute Gasteiger partial charge is 0.227 e. The molecule has 4 aromatic carbocycles. The topological polar surface area (TPSA) is 57.0 Å². The van der Waals surface area contributed by atoms with Crippen LogP contribution in [0, 0.1) is 0 Å². The van der Waals surface area contributed by atoms with Gasteiger partial charge in [-0.3, -0.25) is 0 Å². The van der Waals surface area contributed by atoms with Crippen LogP contribution in [0.25, 0.3) is 34.0 Å². The highest BCUT2D eigenvalue weighted by Gasteiger charge is 2.22. The number of aromatic nitrogens is 1. The highest BCUT2D eigenvalue weighted by molar-refractivity contribution is 5.80. The molecule has 6 nitrogen and oxygen atoms in total. The van der Waals surface area contributed by atoms with Crippen LogP contribution >= 0.6 is 0 Å². The maximum atomic E-state index is 6.41. The van der Waals surface area contributed by atoms with Crippen LogP contribution < -0.4 is 19.1 Å². The molecule has 0 fully saturated rings. The molecule has 0 radical (unpaired) electrons. The van der Waals surface area contributed by atoms with Crippen LogP contribution in [0.15, 0.2) is 101 Å². The number of nitrogens with zero attached hydrogens (tertiary/aromatic N) is 2. The second-order valence-electron chi connectivity index (χ2n) is 8.99. The van der Waals surface area contributed by atoms with Crippen LogP contribution in [0.2, 0.25) is 0 Å². The summed E-state index contributed by atoms with van der Waals surface area (Å²) in [4.78, 5) is 7.01. The minimum Gasteiger partial charge on any atom is -0.493 e. The quantitative estimate of drug-likeness (QED) is 0.208. The van der Waals surface area contributed by atoms with Crippen molar-refractivity contribution in [2.24, 2.45) is 0 Å². The summed E-state index contributed by atoms with van der Waals surface area (Å²) in [5.74, 6) is 2.75. The maximum Gasteiger partial charge on any atom is 0.227 e. The first-order valence-electron chi connectivity index (χ1n) is 12.3. The van der Waals surface area contributed by atoms with Crippen LogP contribution in [0.5, 0.6) is 17.2 Å². The van der Waals surface area contributed by atoms with Gasteiger partial charge in [-0.25, -0.2) is 4.98 Å². The molecule has 1 aromatic heterocycles. The molecule has 0 N–H and O–H groups in total. The van der Waals surface area contributed by atoms with Gasteiger partial charge < -0.3 is 23.5 Å². The highest BCUT2D eigenvalue weighted by Crippen LogP contribution is 2.43. The molecule has 0 aliphatic heterocycles. The monoisotopic (exact) mass is 506 g/mol. The third kappa shape index (κ3) is 5.20. The Hall–Kier alpha value is -4.71. The minimum absolute atomic E-state index is 0.386. The van der Waals surface area contributed by atoms with Crippen molar-refractivity contribution < 1.29 is 18.6 Å². The molecule has 0 saturated heterocycles. The van der Waals surface area contributed by atoms with Gasteiger partial charge in [-0.1, -0.05) is 72.8 Å². The van der Waals surface area contributed by atoms with Crippen molar-refractivity contribution >= 4 is 5.69 Å². The first kappa shape index (κ1) is 25.0. The van der Waals surface area contributed by atoms with Gasteiger partial charge in [0.2, 0.25) is 11.6 Å². The molecule has 192 valence electrons. The molecule has 0 amide bonds. The molecule has 0 aliphatic rings. The zero-order valence-corrected chi connectivity index (χ0v) is 22.0. The van der Waals surface area contributed by atoms with Crippen LogP contribution in [0.4, 0.5) is 5.69 Å². The number of methoxy groups -OCH3 is 2. The van der Waals surface area contributed by atoms with E-state index in [1.54, 1.807) is 14.2 Å². The summed E-state index contributed by atoms with van der Waals surface area (Å²) in [6.07, 6.45) is 0. The molecule has 38 heavy (non-hydrogen) atoms. The van der Waals surface area contributed by atoms with Crippen molar-refractivity contribution in [1.29, 1.82) is 0 Å². The predicted octanol–water partition coefficient (Wildman–Crippen LogP) is 7.34. The first-order chi connectivity index (χ1) is 18.6. The average molecular weight is 507 g/mol. The van der Waals surface area contributed by atoms with Crippen LogP contribution in [0.1, 0.15) is 5.56 Å². The Morgan fingerprint density at radius 1 is 0.711 bits per heavy atom.